The summed E-state index contributed by atoms with van der Waals surface area (Å²) in [6.07, 6.45) is -0.626. The number of aromatic nitrogens is 2. The number of alkyl halides is 3. The zero-order chi connectivity index (χ0) is 11.8. The molecular formula is C9H11F3N4S. The van der Waals surface area contributed by atoms with E-state index in [1.807, 2.05) is 0 Å². The van der Waals surface area contributed by atoms with Crippen molar-refractivity contribution < 1.29 is 13.2 Å². The lowest BCUT2D eigenvalue weighted by Gasteiger charge is -2.22. The van der Waals surface area contributed by atoms with E-state index in [0.717, 1.165) is 6.20 Å². The number of nitrogens with zero attached hydrogens (tertiary/aromatic N) is 3. The number of nitrogens with one attached hydrogen (secondary N) is 1. The fraction of sp³-hybridized carbons (Fsp3) is 0.333. The maximum Gasteiger partial charge on any atom is 0.485 e. The van der Waals surface area contributed by atoms with Gasteiger partial charge in [0.1, 0.15) is 12.5 Å². The molecule has 1 N–H and O–H groups in total. The third kappa shape index (κ3) is 2.96. The predicted molar refractivity (Wildman–Crippen MR) is 60.5 cm³/mol. The molecule has 0 amide bonds. The van der Waals surface area contributed by atoms with Gasteiger partial charge in [-0.25, -0.2) is 4.98 Å². The van der Waals surface area contributed by atoms with Crippen molar-refractivity contribution in [2.45, 2.75) is 13.7 Å². The second kappa shape index (κ2) is 4.74. The lowest BCUT2D eigenvalue weighted by atomic mass is 10.5. The smallest absolute Gasteiger partial charge is 0.317 e. The van der Waals surface area contributed by atoms with Crippen LogP contribution in [0.4, 0.5) is 19.0 Å². The Morgan fingerprint density at radius 1 is 1.35 bits per heavy atom. The van der Waals surface area contributed by atoms with Crippen LogP contribution in [0.15, 0.2) is 24.7 Å². The van der Waals surface area contributed by atoms with Crippen LogP contribution in [0.5, 0.6) is 0 Å². The predicted octanol–water partition coefficient (Wildman–Crippen LogP) is 2.85. The number of aromatic amines is 1. The van der Waals surface area contributed by atoms with Crippen LogP contribution in [0.1, 0.15) is 7.43 Å². The summed E-state index contributed by atoms with van der Waals surface area (Å²) in [4.78, 5) is 8.12. The van der Waals surface area contributed by atoms with Gasteiger partial charge in [0.05, 0.1) is 0 Å². The van der Waals surface area contributed by atoms with Crippen LogP contribution >= 0.6 is 12.2 Å². The van der Waals surface area contributed by atoms with Gasteiger partial charge in [0.2, 0.25) is 0 Å². The zero-order valence-electron chi connectivity index (χ0n) is 7.90. The Kier molecular flexibility index (Phi) is 3.76. The van der Waals surface area contributed by atoms with Crippen LogP contribution < -0.4 is 4.90 Å². The van der Waals surface area contributed by atoms with E-state index in [9.17, 15) is 13.2 Å². The normalized spacial score (nSPS) is 15.0. The summed E-state index contributed by atoms with van der Waals surface area (Å²) in [6.45, 7) is -0.293. The second-order valence-electron chi connectivity index (χ2n) is 3.11. The first-order chi connectivity index (χ1) is 7.47. The Labute approximate surface area is 101 Å². The van der Waals surface area contributed by atoms with Gasteiger partial charge in [0.15, 0.2) is 4.77 Å². The molecule has 2 heterocycles. The molecule has 8 heteroatoms. The van der Waals surface area contributed by atoms with E-state index < -0.39 is 6.30 Å². The van der Waals surface area contributed by atoms with Gasteiger partial charge in [0.25, 0.3) is 0 Å². The van der Waals surface area contributed by atoms with Crippen LogP contribution in [-0.2, 0) is 0 Å². The van der Waals surface area contributed by atoms with E-state index in [4.69, 9.17) is 12.2 Å². The molecule has 0 radical (unpaired) electrons. The maximum absolute atomic E-state index is 12.3. The molecule has 0 atom stereocenters. The summed E-state index contributed by atoms with van der Waals surface area (Å²) in [6, 6.07) is 1.56. The van der Waals surface area contributed by atoms with Crippen molar-refractivity contribution in [3.05, 3.63) is 29.4 Å². The highest BCUT2D eigenvalue weighted by molar-refractivity contribution is 7.71. The van der Waals surface area contributed by atoms with Crippen molar-refractivity contribution in [2.75, 3.05) is 11.6 Å². The summed E-state index contributed by atoms with van der Waals surface area (Å²) in [5.74, 6) is 0.475. The molecule has 0 unspecified atom stereocenters. The van der Waals surface area contributed by atoms with Crippen molar-refractivity contribution in [1.82, 2.24) is 14.9 Å². The topological polar surface area (TPSA) is 35.2 Å². The van der Waals surface area contributed by atoms with Crippen LogP contribution in [0.25, 0.3) is 0 Å². The Hall–Kier alpha value is -1.57. The van der Waals surface area contributed by atoms with Gasteiger partial charge in [0, 0.05) is 18.6 Å². The van der Waals surface area contributed by atoms with Crippen LogP contribution in [0, 0.1) is 4.77 Å². The third-order valence-corrected chi connectivity index (χ3v) is 2.23. The summed E-state index contributed by atoms with van der Waals surface area (Å²) in [5, 5.41) is 0. The van der Waals surface area contributed by atoms with E-state index in [-0.39, 0.29) is 23.8 Å². The minimum atomic E-state index is -4.37. The molecule has 0 saturated carbocycles. The third-order valence-electron chi connectivity index (χ3n) is 2.03. The molecule has 0 bridgehead atoms. The monoisotopic (exact) mass is 264 g/mol. The molecule has 17 heavy (non-hydrogen) atoms. The fourth-order valence-corrected chi connectivity index (χ4v) is 1.43. The van der Waals surface area contributed by atoms with E-state index >= 15 is 0 Å². The van der Waals surface area contributed by atoms with Crippen molar-refractivity contribution in [2.24, 2.45) is 0 Å². The van der Waals surface area contributed by atoms with Gasteiger partial charge in [-0.3, -0.25) is 4.90 Å². The molecule has 94 valence electrons. The van der Waals surface area contributed by atoms with Crippen molar-refractivity contribution in [3.8, 4) is 0 Å². The molecule has 0 spiro atoms. The average Bonchev–Trinajstić information content (AvgIpc) is 2.65. The van der Waals surface area contributed by atoms with Gasteiger partial charge in [-0.05, 0) is 18.3 Å². The summed E-state index contributed by atoms with van der Waals surface area (Å²) in [5.41, 5.74) is 0. The highest BCUT2D eigenvalue weighted by Gasteiger charge is 2.38. The number of hydrogen-bond acceptors (Lipinski definition) is 4. The van der Waals surface area contributed by atoms with E-state index in [1.54, 1.807) is 6.07 Å². The first-order valence-electron chi connectivity index (χ1n) is 4.30. The standard InChI is InChI=1S/C8H7F3N4S.CH4/c9-8(10,11)15-4-3-14(5-15)6-1-2-12-7(16)13-6;/h1-4H,5H2,(H,12,13,16);1H4. The van der Waals surface area contributed by atoms with Gasteiger partial charge in [-0.15, -0.1) is 0 Å². The first kappa shape index (κ1) is 13.5. The van der Waals surface area contributed by atoms with Gasteiger partial charge >= 0.3 is 6.30 Å². The molecule has 0 saturated heterocycles. The minimum Gasteiger partial charge on any atom is -0.317 e. The Morgan fingerprint density at radius 3 is 2.59 bits per heavy atom. The summed E-state index contributed by atoms with van der Waals surface area (Å²) >= 11 is 4.78. The fourth-order valence-electron chi connectivity index (χ4n) is 1.27. The molecule has 1 aliphatic rings. The Bertz CT molecular complexity index is 468. The molecule has 2 rings (SSSR count). The first-order valence-corrected chi connectivity index (χ1v) is 4.71. The van der Waals surface area contributed by atoms with E-state index in [0.29, 0.717) is 5.82 Å². The van der Waals surface area contributed by atoms with Gasteiger partial charge in [-0.1, -0.05) is 7.43 Å². The minimum absolute atomic E-state index is 0. The number of H-pyrrole nitrogens is 1. The lowest BCUT2D eigenvalue weighted by molar-refractivity contribution is -0.224. The van der Waals surface area contributed by atoms with Crippen molar-refractivity contribution in [3.63, 3.8) is 0 Å². The Morgan fingerprint density at radius 2 is 2.06 bits per heavy atom. The molecule has 4 nitrogen and oxygen atoms in total. The lowest BCUT2D eigenvalue weighted by Crippen LogP contribution is -2.36. The van der Waals surface area contributed by atoms with E-state index in [2.05, 4.69) is 9.97 Å². The largest absolute Gasteiger partial charge is 0.485 e. The van der Waals surface area contributed by atoms with Gasteiger partial charge in [-0.2, -0.15) is 13.2 Å². The molecule has 1 aliphatic heterocycles. The highest BCUT2D eigenvalue weighted by atomic mass is 32.1. The second-order valence-corrected chi connectivity index (χ2v) is 3.49. The zero-order valence-corrected chi connectivity index (χ0v) is 8.72. The number of hydrogen-bond donors (Lipinski definition) is 1. The number of rotatable bonds is 1. The van der Waals surface area contributed by atoms with Crippen LogP contribution in [-0.4, -0.2) is 27.8 Å². The highest BCUT2D eigenvalue weighted by Crippen LogP contribution is 2.26. The number of anilines is 1. The summed E-state index contributed by atoms with van der Waals surface area (Å²) < 4.78 is 37.2. The van der Waals surface area contributed by atoms with Gasteiger partial charge < -0.3 is 9.88 Å². The van der Waals surface area contributed by atoms with Crippen LogP contribution in [0.2, 0.25) is 0 Å². The van der Waals surface area contributed by atoms with Crippen molar-refractivity contribution >= 4 is 18.0 Å². The number of halogens is 3. The molecule has 0 aliphatic carbocycles. The molecule has 1 aromatic heterocycles. The van der Waals surface area contributed by atoms with Crippen molar-refractivity contribution in [1.29, 1.82) is 0 Å². The molecule has 0 aromatic carbocycles. The quantitative estimate of drug-likeness (QED) is 0.625. The van der Waals surface area contributed by atoms with Crippen LogP contribution in [0.3, 0.4) is 0 Å². The maximum atomic E-state index is 12.3. The SMILES string of the molecule is C.FC(F)(F)N1C=CN(c2ccnc(=S)[nH]2)C1. The van der Waals surface area contributed by atoms with E-state index in [1.165, 1.54) is 17.3 Å². The molecule has 1 aromatic rings. The molecule has 0 fully saturated rings. The summed E-state index contributed by atoms with van der Waals surface area (Å²) in [7, 11) is 0. The average molecular weight is 264 g/mol. The Balaban J connectivity index is 0.00000144. The molecular weight excluding hydrogens is 253 g/mol.